The van der Waals surface area contributed by atoms with Gasteiger partial charge in [-0.05, 0) is 30.3 Å². The van der Waals surface area contributed by atoms with Gasteiger partial charge in [0.2, 0.25) is 0 Å². The fraction of sp³-hybridized carbons (Fsp3) is 0.263. The van der Waals surface area contributed by atoms with Crippen molar-refractivity contribution >= 4 is 23.2 Å². The van der Waals surface area contributed by atoms with E-state index in [-0.39, 0.29) is 10.9 Å². The van der Waals surface area contributed by atoms with Crippen LogP contribution in [0.3, 0.4) is 0 Å². The monoisotopic (exact) mass is 372 g/mol. The van der Waals surface area contributed by atoms with E-state index in [2.05, 4.69) is 14.3 Å². The second kappa shape index (κ2) is 7.05. The minimum Gasteiger partial charge on any atom is -0.336 e. The molecule has 0 N–H and O–H groups in total. The van der Waals surface area contributed by atoms with Gasteiger partial charge in [0, 0.05) is 38.9 Å². The molecule has 0 saturated carbocycles. The Kier molecular flexibility index (Phi) is 4.61. The molecule has 3 heterocycles. The summed E-state index contributed by atoms with van der Waals surface area (Å²) in [5.74, 6) is -0.589. The van der Waals surface area contributed by atoms with Gasteiger partial charge in [-0.25, -0.2) is 9.37 Å². The number of aromatic nitrogens is 2. The van der Waals surface area contributed by atoms with Crippen LogP contribution in [0.5, 0.6) is 0 Å². The van der Waals surface area contributed by atoms with Crippen molar-refractivity contribution in [2.45, 2.75) is 6.54 Å². The zero-order valence-electron chi connectivity index (χ0n) is 14.1. The molecular formula is C19H18ClFN4O. The van der Waals surface area contributed by atoms with Crippen molar-refractivity contribution in [1.82, 2.24) is 19.2 Å². The molecule has 0 unspecified atom stereocenters. The maximum atomic E-state index is 13.2. The lowest BCUT2D eigenvalue weighted by molar-refractivity contribution is 0.0627. The highest BCUT2D eigenvalue weighted by atomic mass is 35.5. The molecule has 1 aliphatic rings. The van der Waals surface area contributed by atoms with E-state index in [0.29, 0.717) is 18.7 Å². The van der Waals surface area contributed by atoms with Crippen molar-refractivity contribution in [3.8, 4) is 0 Å². The van der Waals surface area contributed by atoms with Crippen LogP contribution in [-0.4, -0.2) is 51.3 Å². The zero-order chi connectivity index (χ0) is 18.1. The molecular weight excluding hydrogens is 355 g/mol. The van der Waals surface area contributed by atoms with Gasteiger partial charge in [0.15, 0.2) is 0 Å². The third kappa shape index (κ3) is 3.30. The maximum Gasteiger partial charge on any atom is 0.255 e. The van der Waals surface area contributed by atoms with E-state index in [0.717, 1.165) is 31.0 Å². The van der Waals surface area contributed by atoms with Crippen LogP contribution in [0.15, 0.2) is 48.8 Å². The highest BCUT2D eigenvalue weighted by Gasteiger charge is 2.24. The first-order valence-electron chi connectivity index (χ1n) is 8.49. The van der Waals surface area contributed by atoms with Crippen molar-refractivity contribution in [3.05, 3.63) is 70.9 Å². The van der Waals surface area contributed by atoms with Gasteiger partial charge in [0.05, 0.1) is 22.5 Å². The van der Waals surface area contributed by atoms with Crippen LogP contribution in [0.2, 0.25) is 5.02 Å². The zero-order valence-corrected chi connectivity index (χ0v) is 14.9. The summed E-state index contributed by atoms with van der Waals surface area (Å²) in [5, 5.41) is 0.156. The van der Waals surface area contributed by atoms with Crippen molar-refractivity contribution in [2.75, 3.05) is 26.2 Å². The molecule has 0 aliphatic carbocycles. The van der Waals surface area contributed by atoms with E-state index < -0.39 is 5.82 Å². The first-order chi connectivity index (χ1) is 12.6. The average Bonchev–Trinajstić information content (AvgIpc) is 3.05. The Labute approximate surface area is 155 Å². The number of pyridine rings is 1. The fourth-order valence-corrected chi connectivity index (χ4v) is 3.52. The van der Waals surface area contributed by atoms with E-state index in [9.17, 15) is 9.18 Å². The van der Waals surface area contributed by atoms with Gasteiger partial charge in [-0.1, -0.05) is 17.7 Å². The Morgan fingerprint density at radius 3 is 2.73 bits per heavy atom. The van der Waals surface area contributed by atoms with Crippen molar-refractivity contribution in [2.24, 2.45) is 0 Å². The summed E-state index contributed by atoms with van der Waals surface area (Å²) >= 11 is 6.01. The molecule has 0 radical (unpaired) electrons. The first-order valence-corrected chi connectivity index (χ1v) is 8.87. The molecule has 1 aliphatic heterocycles. The van der Waals surface area contributed by atoms with Crippen LogP contribution in [0, 0.1) is 5.82 Å². The van der Waals surface area contributed by atoms with E-state index in [1.54, 1.807) is 4.90 Å². The minimum atomic E-state index is -0.440. The quantitative estimate of drug-likeness (QED) is 0.709. The number of fused-ring (bicyclic) bond motifs is 1. The normalized spacial score (nSPS) is 15.5. The molecule has 1 amide bonds. The number of nitrogens with zero attached hydrogens (tertiary/aromatic N) is 4. The SMILES string of the molecule is O=C(c1ccc(F)cc1Cl)N1CCN(Cc2cnc3ccccn23)CC1. The van der Waals surface area contributed by atoms with E-state index >= 15 is 0 Å². The van der Waals surface area contributed by atoms with Gasteiger partial charge < -0.3 is 9.30 Å². The van der Waals surface area contributed by atoms with E-state index in [1.165, 1.54) is 18.2 Å². The number of carbonyl (C=O) groups excluding carboxylic acids is 1. The van der Waals surface area contributed by atoms with Crippen molar-refractivity contribution in [3.63, 3.8) is 0 Å². The molecule has 5 nitrogen and oxygen atoms in total. The fourth-order valence-electron chi connectivity index (χ4n) is 3.27. The second-order valence-electron chi connectivity index (χ2n) is 6.37. The predicted molar refractivity (Wildman–Crippen MR) is 97.8 cm³/mol. The Bertz CT molecular complexity index is 950. The standard InChI is InChI=1S/C19H18ClFN4O/c20-17-11-14(21)4-5-16(17)19(26)24-9-7-23(8-10-24)13-15-12-22-18-3-1-2-6-25(15)18/h1-6,11-12H,7-10,13H2. The summed E-state index contributed by atoms with van der Waals surface area (Å²) in [5.41, 5.74) is 2.41. The Hall–Kier alpha value is -2.44. The predicted octanol–water partition coefficient (Wildman–Crippen LogP) is 3.08. The lowest BCUT2D eigenvalue weighted by Gasteiger charge is -2.34. The number of amides is 1. The number of imidazole rings is 1. The van der Waals surface area contributed by atoms with Gasteiger partial charge in [-0.3, -0.25) is 9.69 Å². The molecule has 1 fully saturated rings. The third-order valence-electron chi connectivity index (χ3n) is 4.70. The van der Waals surface area contributed by atoms with Crippen LogP contribution >= 0.6 is 11.6 Å². The largest absolute Gasteiger partial charge is 0.336 e. The topological polar surface area (TPSA) is 40.9 Å². The molecule has 4 rings (SSSR count). The number of rotatable bonds is 3. The highest BCUT2D eigenvalue weighted by molar-refractivity contribution is 6.33. The first kappa shape index (κ1) is 17.0. The lowest BCUT2D eigenvalue weighted by atomic mass is 10.1. The summed E-state index contributed by atoms with van der Waals surface area (Å²) in [6.45, 7) is 3.55. The summed E-state index contributed by atoms with van der Waals surface area (Å²) in [6.07, 6.45) is 3.90. The molecule has 2 aromatic heterocycles. The van der Waals surface area contributed by atoms with Crippen molar-refractivity contribution in [1.29, 1.82) is 0 Å². The number of piperazine rings is 1. The molecule has 1 aromatic carbocycles. The van der Waals surface area contributed by atoms with Crippen LogP contribution in [-0.2, 0) is 6.54 Å². The van der Waals surface area contributed by atoms with Gasteiger partial charge in [0.25, 0.3) is 5.91 Å². The number of halogens is 2. The Morgan fingerprint density at radius 2 is 1.96 bits per heavy atom. The van der Waals surface area contributed by atoms with Gasteiger partial charge in [0.1, 0.15) is 11.5 Å². The van der Waals surface area contributed by atoms with E-state index in [1.807, 2.05) is 30.6 Å². The molecule has 7 heteroatoms. The van der Waals surface area contributed by atoms with Crippen LogP contribution < -0.4 is 0 Å². The molecule has 0 spiro atoms. The number of carbonyl (C=O) groups is 1. The minimum absolute atomic E-state index is 0.149. The summed E-state index contributed by atoms with van der Waals surface area (Å²) in [6, 6.07) is 9.82. The average molecular weight is 373 g/mol. The molecule has 0 atom stereocenters. The molecule has 0 bridgehead atoms. The second-order valence-corrected chi connectivity index (χ2v) is 6.78. The Balaban J connectivity index is 1.40. The van der Waals surface area contributed by atoms with E-state index in [4.69, 9.17) is 11.6 Å². The molecule has 3 aromatic rings. The molecule has 26 heavy (non-hydrogen) atoms. The van der Waals surface area contributed by atoms with Crippen LogP contribution in [0.1, 0.15) is 16.1 Å². The lowest BCUT2D eigenvalue weighted by Crippen LogP contribution is -2.48. The summed E-state index contributed by atoms with van der Waals surface area (Å²) < 4.78 is 15.3. The number of hydrogen-bond donors (Lipinski definition) is 0. The van der Waals surface area contributed by atoms with Gasteiger partial charge >= 0.3 is 0 Å². The molecule has 1 saturated heterocycles. The highest BCUT2D eigenvalue weighted by Crippen LogP contribution is 2.20. The maximum absolute atomic E-state index is 13.2. The third-order valence-corrected chi connectivity index (χ3v) is 5.01. The smallest absolute Gasteiger partial charge is 0.255 e. The van der Waals surface area contributed by atoms with Gasteiger partial charge in [-0.2, -0.15) is 0 Å². The number of benzene rings is 1. The van der Waals surface area contributed by atoms with Crippen molar-refractivity contribution < 1.29 is 9.18 Å². The van der Waals surface area contributed by atoms with Gasteiger partial charge in [-0.15, -0.1) is 0 Å². The number of hydrogen-bond acceptors (Lipinski definition) is 3. The Morgan fingerprint density at radius 1 is 1.15 bits per heavy atom. The summed E-state index contributed by atoms with van der Waals surface area (Å²) in [4.78, 5) is 21.1. The molecule has 134 valence electrons. The van der Waals surface area contributed by atoms with Crippen LogP contribution in [0.25, 0.3) is 5.65 Å². The van der Waals surface area contributed by atoms with Crippen LogP contribution in [0.4, 0.5) is 4.39 Å². The summed E-state index contributed by atoms with van der Waals surface area (Å²) in [7, 11) is 0.